The number of ether oxygens (including phenoxy) is 2. The highest BCUT2D eigenvalue weighted by Crippen LogP contribution is 2.39. The minimum Gasteiger partial charge on any atom is -0.497 e. The van der Waals surface area contributed by atoms with Gasteiger partial charge in [0, 0.05) is 28.4 Å². The molecule has 0 unspecified atom stereocenters. The molecule has 0 bridgehead atoms. The van der Waals surface area contributed by atoms with Crippen molar-refractivity contribution in [3.05, 3.63) is 65.2 Å². The molecule has 0 radical (unpaired) electrons. The van der Waals surface area contributed by atoms with Gasteiger partial charge < -0.3 is 31.0 Å². The highest BCUT2D eigenvalue weighted by Gasteiger charge is 2.45. The van der Waals surface area contributed by atoms with Crippen LogP contribution in [0.5, 0.6) is 11.5 Å². The Kier molecular flexibility index (Phi) is 5.78. The topological polar surface area (TPSA) is 131 Å². The lowest BCUT2D eigenvalue weighted by molar-refractivity contribution is 0.102. The number of nitrogens with zero attached hydrogens (tertiary/aromatic N) is 1. The van der Waals surface area contributed by atoms with Gasteiger partial charge in [-0.3, -0.25) is 4.79 Å². The number of nitrogens with one attached hydrogen (secondary N) is 2. The molecule has 8 heteroatoms. The first-order chi connectivity index (χ1) is 15.7. The molecule has 1 aliphatic carbocycles. The molecule has 0 saturated heterocycles. The zero-order valence-corrected chi connectivity index (χ0v) is 18.7. The van der Waals surface area contributed by atoms with E-state index in [9.17, 15) is 9.90 Å². The third-order valence-electron chi connectivity index (χ3n) is 5.77. The molecule has 1 saturated carbocycles. The summed E-state index contributed by atoms with van der Waals surface area (Å²) >= 11 is 0. The van der Waals surface area contributed by atoms with Gasteiger partial charge in [-0.1, -0.05) is 6.07 Å². The molecule has 5 N–H and O–H groups in total. The number of hydrogen-bond acceptors (Lipinski definition) is 7. The second-order valence-corrected chi connectivity index (χ2v) is 8.12. The van der Waals surface area contributed by atoms with Crippen LogP contribution in [0.25, 0.3) is 11.3 Å². The van der Waals surface area contributed by atoms with Crippen LogP contribution in [0.4, 0.5) is 11.5 Å². The number of methoxy groups -OCH3 is 2. The standard InChI is InChI=1S/C25H26N4O4/c1-14-4-5-16(28-24(30)15-10-17(32-2)13-18(11-15)33-3)12-20(14)21-7-6-19(23(27)29-21)22(26)25(31)8-9-25/h4-7,10-13,26,31H,8-9H2,1-3H3,(H2,27,29)(H,28,30). The Balaban J connectivity index is 1.60. The average molecular weight is 447 g/mol. The van der Waals surface area contributed by atoms with Gasteiger partial charge >= 0.3 is 0 Å². The number of pyridine rings is 1. The molecule has 0 aliphatic heterocycles. The van der Waals surface area contributed by atoms with Crippen molar-refractivity contribution >= 4 is 23.1 Å². The van der Waals surface area contributed by atoms with E-state index in [1.807, 2.05) is 25.1 Å². The lowest BCUT2D eigenvalue weighted by Gasteiger charge is -2.14. The first kappa shape index (κ1) is 22.3. The zero-order valence-electron chi connectivity index (χ0n) is 18.7. The van der Waals surface area contributed by atoms with Crippen LogP contribution in [0.3, 0.4) is 0 Å². The van der Waals surface area contributed by atoms with Crippen LogP contribution in [0.1, 0.15) is 34.3 Å². The lowest BCUT2D eigenvalue weighted by atomic mass is 10.0. The summed E-state index contributed by atoms with van der Waals surface area (Å²) in [6, 6.07) is 14.0. The Bertz CT molecular complexity index is 1230. The van der Waals surface area contributed by atoms with Crippen molar-refractivity contribution in [1.29, 1.82) is 5.41 Å². The minimum atomic E-state index is -1.08. The summed E-state index contributed by atoms with van der Waals surface area (Å²) in [5.74, 6) is 0.918. The maximum Gasteiger partial charge on any atom is 0.255 e. The number of aromatic nitrogens is 1. The Morgan fingerprint density at radius 2 is 1.76 bits per heavy atom. The molecule has 3 aromatic rings. The maximum absolute atomic E-state index is 12.9. The van der Waals surface area contributed by atoms with E-state index in [1.165, 1.54) is 14.2 Å². The summed E-state index contributed by atoms with van der Waals surface area (Å²) in [5.41, 5.74) is 8.94. The van der Waals surface area contributed by atoms with Gasteiger partial charge in [0.25, 0.3) is 5.91 Å². The number of aryl methyl sites for hydroxylation is 1. The normalized spacial score (nSPS) is 13.8. The summed E-state index contributed by atoms with van der Waals surface area (Å²) in [5, 5.41) is 21.3. The fourth-order valence-corrected chi connectivity index (χ4v) is 3.57. The lowest BCUT2D eigenvalue weighted by Crippen LogP contribution is -2.23. The van der Waals surface area contributed by atoms with Gasteiger partial charge in [-0.2, -0.15) is 0 Å². The number of benzene rings is 2. The molecule has 170 valence electrons. The number of carbonyl (C=O) groups excluding carboxylic acids is 1. The number of amides is 1. The van der Waals surface area contributed by atoms with Gasteiger partial charge in [-0.15, -0.1) is 0 Å². The van der Waals surface area contributed by atoms with Crippen molar-refractivity contribution in [3.8, 4) is 22.8 Å². The molecule has 1 amide bonds. The Labute approximate surface area is 191 Å². The minimum absolute atomic E-state index is 0.102. The zero-order chi connectivity index (χ0) is 23.8. The molecule has 0 atom stereocenters. The number of anilines is 2. The third-order valence-corrected chi connectivity index (χ3v) is 5.77. The van der Waals surface area contributed by atoms with Crippen molar-refractivity contribution < 1.29 is 19.4 Å². The quantitative estimate of drug-likeness (QED) is 0.408. The number of carbonyl (C=O) groups is 1. The number of hydrogen-bond donors (Lipinski definition) is 4. The molecule has 1 aliphatic rings. The average Bonchev–Trinajstić information content (AvgIpc) is 3.57. The molecule has 0 spiro atoms. The number of nitrogens with two attached hydrogens (primary N) is 1. The molecule has 1 aromatic heterocycles. The predicted molar refractivity (Wildman–Crippen MR) is 127 cm³/mol. The Morgan fingerprint density at radius 1 is 1.09 bits per heavy atom. The molecule has 2 aromatic carbocycles. The summed E-state index contributed by atoms with van der Waals surface area (Å²) < 4.78 is 10.5. The maximum atomic E-state index is 12.9. The van der Waals surface area contributed by atoms with Crippen LogP contribution >= 0.6 is 0 Å². The van der Waals surface area contributed by atoms with E-state index < -0.39 is 5.60 Å². The molecule has 4 rings (SSSR count). The molecule has 33 heavy (non-hydrogen) atoms. The second kappa shape index (κ2) is 8.55. The highest BCUT2D eigenvalue weighted by atomic mass is 16.5. The van der Waals surface area contributed by atoms with Gasteiger partial charge in [0.1, 0.15) is 22.9 Å². The van der Waals surface area contributed by atoms with Gasteiger partial charge in [-0.05, 0) is 61.7 Å². The number of aliphatic hydroxyl groups is 1. The van der Waals surface area contributed by atoms with Crippen molar-refractivity contribution in [2.75, 3.05) is 25.3 Å². The van der Waals surface area contributed by atoms with Gasteiger partial charge in [0.15, 0.2) is 0 Å². The molecule has 1 fully saturated rings. The van der Waals surface area contributed by atoms with E-state index in [2.05, 4.69) is 10.3 Å². The summed E-state index contributed by atoms with van der Waals surface area (Å²) in [7, 11) is 3.05. The summed E-state index contributed by atoms with van der Waals surface area (Å²) in [6.45, 7) is 1.94. The largest absolute Gasteiger partial charge is 0.497 e. The number of rotatable bonds is 7. The second-order valence-electron chi connectivity index (χ2n) is 8.12. The third kappa shape index (κ3) is 4.51. The SMILES string of the molecule is COc1cc(OC)cc(C(=O)Nc2ccc(C)c(-c3ccc(C(=N)C4(O)CC4)c(N)n3)c2)c1. The van der Waals surface area contributed by atoms with Crippen LogP contribution in [0.2, 0.25) is 0 Å². The van der Waals surface area contributed by atoms with E-state index >= 15 is 0 Å². The highest BCUT2D eigenvalue weighted by molar-refractivity contribution is 6.09. The van der Waals surface area contributed by atoms with Crippen LogP contribution in [0.15, 0.2) is 48.5 Å². The summed E-state index contributed by atoms with van der Waals surface area (Å²) in [6.07, 6.45) is 1.13. The summed E-state index contributed by atoms with van der Waals surface area (Å²) in [4.78, 5) is 17.3. The predicted octanol–water partition coefficient (Wildman–Crippen LogP) is 3.80. The van der Waals surface area contributed by atoms with E-state index in [0.717, 1.165) is 11.1 Å². The van der Waals surface area contributed by atoms with Crippen molar-refractivity contribution in [1.82, 2.24) is 4.98 Å². The van der Waals surface area contributed by atoms with Crippen molar-refractivity contribution in [2.24, 2.45) is 0 Å². The van der Waals surface area contributed by atoms with Gasteiger partial charge in [0.2, 0.25) is 0 Å². The number of nitrogen functional groups attached to an aromatic ring is 1. The van der Waals surface area contributed by atoms with E-state index in [1.54, 1.807) is 30.3 Å². The smallest absolute Gasteiger partial charge is 0.255 e. The fourth-order valence-electron chi connectivity index (χ4n) is 3.57. The first-order valence-corrected chi connectivity index (χ1v) is 10.5. The first-order valence-electron chi connectivity index (χ1n) is 10.5. The van der Waals surface area contributed by atoms with E-state index in [-0.39, 0.29) is 17.4 Å². The van der Waals surface area contributed by atoms with Crippen LogP contribution in [-0.2, 0) is 0 Å². The van der Waals surface area contributed by atoms with Gasteiger partial charge in [0.05, 0.1) is 25.6 Å². The Hall–Kier alpha value is -3.91. The Morgan fingerprint density at radius 3 is 2.33 bits per heavy atom. The van der Waals surface area contributed by atoms with Gasteiger partial charge in [-0.25, -0.2) is 4.98 Å². The van der Waals surface area contributed by atoms with Crippen LogP contribution in [0, 0.1) is 12.3 Å². The fraction of sp³-hybridized carbons (Fsp3) is 0.240. The van der Waals surface area contributed by atoms with Crippen LogP contribution < -0.4 is 20.5 Å². The van der Waals surface area contributed by atoms with E-state index in [0.29, 0.717) is 46.8 Å². The molecule has 1 heterocycles. The molecular formula is C25H26N4O4. The van der Waals surface area contributed by atoms with Crippen molar-refractivity contribution in [2.45, 2.75) is 25.4 Å². The monoisotopic (exact) mass is 446 g/mol. The molecular weight excluding hydrogens is 420 g/mol. The van der Waals surface area contributed by atoms with E-state index in [4.69, 9.17) is 20.6 Å². The molecule has 8 nitrogen and oxygen atoms in total. The van der Waals surface area contributed by atoms with Crippen molar-refractivity contribution in [3.63, 3.8) is 0 Å². The van der Waals surface area contributed by atoms with Crippen LogP contribution in [-0.4, -0.2) is 41.5 Å².